The molecule has 0 spiro atoms. The second-order valence-electron chi connectivity index (χ2n) is 5.42. The van der Waals surface area contributed by atoms with Crippen molar-refractivity contribution in [3.05, 3.63) is 17.2 Å². The molecule has 1 aromatic rings. The lowest BCUT2D eigenvalue weighted by molar-refractivity contribution is -0.134. The fourth-order valence-electron chi connectivity index (χ4n) is 1.97. The van der Waals surface area contributed by atoms with Gasteiger partial charge < -0.3 is 19.7 Å². The Morgan fingerprint density at radius 1 is 1.00 bits per heavy atom. The van der Waals surface area contributed by atoms with Crippen molar-refractivity contribution in [1.29, 1.82) is 0 Å². The van der Waals surface area contributed by atoms with Crippen LogP contribution in [0.1, 0.15) is 67.7 Å². The fourth-order valence-corrected chi connectivity index (χ4v) is 2.16. The Morgan fingerprint density at radius 3 is 1.85 bits per heavy atom. The SMILES string of the molecule is CC(=O)Oc1c(O)cc(C(=O)O)c(C(C)=O)c1OC(C)=O.CCCCCCl. The molecule has 0 aliphatic heterocycles. The lowest BCUT2D eigenvalue weighted by Gasteiger charge is -2.15. The smallest absolute Gasteiger partial charge is 0.336 e. The number of phenolic OH excluding ortho intramolecular Hbond substituents is 1. The first-order valence-corrected chi connectivity index (χ1v) is 8.67. The minimum Gasteiger partial charge on any atom is -0.504 e. The third-order valence-electron chi connectivity index (χ3n) is 3.03. The van der Waals surface area contributed by atoms with Crippen LogP contribution in [0.5, 0.6) is 17.2 Å². The van der Waals surface area contributed by atoms with Gasteiger partial charge in [0.05, 0.1) is 11.1 Å². The summed E-state index contributed by atoms with van der Waals surface area (Å²) < 4.78 is 9.44. The summed E-state index contributed by atoms with van der Waals surface area (Å²) in [6.07, 6.45) is 3.73. The number of ether oxygens (including phenoxy) is 2. The molecule has 150 valence electrons. The second-order valence-corrected chi connectivity index (χ2v) is 5.80. The maximum absolute atomic E-state index is 11.6. The number of hydrogen-bond donors (Lipinski definition) is 2. The van der Waals surface area contributed by atoms with E-state index < -0.39 is 52.1 Å². The Kier molecular flexibility index (Phi) is 10.7. The molecule has 27 heavy (non-hydrogen) atoms. The van der Waals surface area contributed by atoms with Crippen molar-refractivity contribution in [2.75, 3.05) is 5.88 Å². The van der Waals surface area contributed by atoms with Gasteiger partial charge in [-0.1, -0.05) is 19.8 Å². The van der Waals surface area contributed by atoms with Gasteiger partial charge in [-0.25, -0.2) is 4.79 Å². The number of Topliss-reactive ketones (excluding diaryl/α,β-unsaturated/α-hetero) is 1. The van der Waals surface area contributed by atoms with Gasteiger partial charge in [-0.05, 0) is 19.4 Å². The molecule has 0 bridgehead atoms. The molecule has 0 saturated heterocycles. The molecule has 0 heterocycles. The van der Waals surface area contributed by atoms with Crippen LogP contribution in [-0.2, 0) is 9.59 Å². The number of unbranched alkanes of at least 4 members (excludes halogenated alkanes) is 2. The van der Waals surface area contributed by atoms with E-state index in [4.69, 9.17) is 26.2 Å². The van der Waals surface area contributed by atoms with Crippen molar-refractivity contribution in [1.82, 2.24) is 0 Å². The number of phenols is 1. The number of rotatable bonds is 7. The summed E-state index contributed by atoms with van der Waals surface area (Å²) in [5.74, 6) is -5.10. The average Bonchev–Trinajstić information content (AvgIpc) is 2.55. The monoisotopic (exact) mass is 402 g/mol. The van der Waals surface area contributed by atoms with Crippen LogP contribution >= 0.6 is 11.6 Å². The Labute approximate surface area is 162 Å². The number of aromatic carboxylic acids is 1. The van der Waals surface area contributed by atoms with E-state index in [9.17, 15) is 24.3 Å². The van der Waals surface area contributed by atoms with E-state index in [1.165, 1.54) is 19.3 Å². The molecule has 1 aromatic carbocycles. The first-order chi connectivity index (χ1) is 12.6. The highest BCUT2D eigenvalue weighted by atomic mass is 35.5. The van der Waals surface area contributed by atoms with Crippen molar-refractivity contribution >= 4 is 35.3 Å². The molecule has 2 N–H and O–H groups in total. The number of aromatic hydroxyl groups is 1. The van der Waals surface area contributed by atoms with Crippen LogP contribution in [-0.4, -0.2) is 39.8 Å². The van der Waals surface area contributed by atoms with Crippen LogP contribution in [0.25, 0.3) is 0 Å². The maximum Gasteiger partial charge on any atom is 0.336 e. The van der Waals surface area contributed by atoms with Gasteiger partial charge >= 0.3 is 17.9 Å². The van der Waals surface area contributed by atoms with Crippen molar-refractivity contribution in [3.63, 3.8) is 0 Å². The number of carboxylic acids is 1. The van der Waals surface area contributed by atoms with Crippen molar-refractivity contribution in [2.45, 2.75) is 47.0 Å². The molecule has 9 heteroatoms. The Balaban J connectivity index is 0.000000972. The van der Waals surface area contributed by atoms with Gasteiger partial charge in [0, 0.05) is 19.7 Å². The Morgan fingerprint density at radius 2 is 1.52 bits per heavy atom. The van der Waals surface area contributed by atoms with Crippen LogP contribution in [0.2, 0.25) is 0 Å². The molecule has 0 unspecified atom stereocenters. The minimum atomic E-state index is -1.52. The number of carbonyl (C=O) groups is 4. The molecule has 0 radical (unpaired) electrons. The van der Waals surface area contributed by atoms with Crippen LogP contribution in [0.15, 0.2) is 6.07 Å². The number of hydrogen-bond acceptors (Lipinski definition) is 7. The summed E-state index contributed by atoms with van der Waals surface area (Å²) in [5, 5.41) is 18.8. The number of carbonyl (C=O) groups excluding carboxylic acids is 3. The molecule has 0 amide bonds. The summed E-state index contributed by atoms with van der Waals surface area (Å²) in [6, 6.07) is 0.740. The van der Waals surface area contributed by atoms with E-state index >= 15 is 0 Å². The molecular formula is C18H23ClO8. The van der Waals surface area contributed by atoms with E-state index in [2.05, 4.69) is 6.92 Å². The second kappa shape index (κ2) is 11.9. The predicted octanol–water partition coefficient (Wildman–Crippen LogP) is 3.56. The fraction of sp³-hybridized carbons (Fsp3) is 0.444. The molecule has 8 nitrogen and oxygen atoms in total. The molecule has 0 aliphatic carbocycles. The van der Waals surface area contributed by atoms with Crippen molar-refractivity contribution in [3.8, 4) is 17.2 Å². The van der Waals surface area contributed by atoms with E-state index in [1.54, 1.807) is 0 Å². The number of esters is 2. The molecule has 0 atom stereocenters. The zero-order valence-electron chi connectivity index (χ0n) is 15.6. The first-order valence-electron chi connectivity index (χ1n) is 8.13. The van der Waals surface area contributed by atoms with Gasteiger partial charge in [0.1, 0.15) is 0 Å². The number of halogens is 1. The van der Waals surface area contributed by atoms with Crippen LogP contribution < -0.4 is 9.47 Å². The quantitative estimate of drug-likeness (QED) is 0.233. The molecular weight excluding hydrogens is 380 g/mol. The lowest BCUT2D eigenvalue weighted by atomic mass is 10.0. The topological polar surface area (TPSA) is 127 Å². The van der Waals surface area contributed by atoms with Crippen LogP contribution in [0.4, 0.5) is 0 Å². The van der Waals surface area contributed by atoms with E-state index in [0.29, 0.717) is 0 Å². The average molecular weight is 403 g/mol. The minimum absolute atomic E-state index is 0.480. The van der Waals surface area contributed by atoms with Gasteiger partial charge in [0.25, 0.3) is 0 Å². The van der Waals surface area contributed by atoms with Crippen LogP contribution in [0.3, 0.4) is 0 Å². The number of benzene rings is 1. The summed E-state index contributed by atoms with van der Waals surface area (Å²) >= 11 is 5.38. The third kappa shape index (κ3) is 8.08. The van der Waals surface area contributed by atoms with E-state index in [0.717, 1.165) is 32.7 Å². The number of alkyl halides is 1. The van der Waals surface area contributed by atoms with E-state index in [-0.39, 0.29) is 0 Å². The summed E-state index contributed by atoms with van der Waals surface area (Å²) in [4.78, 5) is 44.9. The predicted molar refractivity (Wildman–Crippen MR) is 97.9 cm³/mol. The summed E-state index contributed by atoms with van der Waals surface area (Å²) in [6.45, 7) is 5.25. The Hall–Kier alpha value is -2.61. The molecule has 1 rings (SSSR count). The maximum atomic E-state index is 11.6. The summed E-state index contributed by atoms with van der Waals surface area (Å²) in [7, 11) is 0. The van der Waals surface area contributed by atoms with Gasteiger partial charge in [-0.15, -0.1) is 11.6 Å². The molecule has 0 aliphatic rings. The normalized spacial score (nSPS) is 9.67. The van der Waals surface area contributed by atoms with Gasteiger partial charge in [-0.3, -0.25) is 14.4 Å². The molecule has 0 aromatic heterocycles. The summed E-state index contributed by atoms with van der Waals surface area (Å²) in [5.41, 5.74) is -1.06. The van der Waals surface area contributed by atoms with Crippen molar-refractivity contribution in [2.24, 2.45) is 0 Å². The Bertz CT molecular complexity index is 708. The highest BCUT2D eigenvalue weighted by molar-refractivity contribution is 6.17. The lowest BCUT2D eigenvalue weighted by Crippen LogP contribution is -2.14. The molecule has 0 fully saturated rings. The highest BCUT2D eigenvalue weighted by Gasteiger charge is 2.28. The number of ketones is 1. The zero-order chi connectivity index (χ0) is 21.1. The van der Waals surface area contributed by atoms with Gasteiger partial charge in [-0.2, -0.15) is 0 Å². The first kappa shape index (κ1) is 24.4. The largest absolute Gasteiger partial charge is 0.504 e. The van der Waals surface area contributed by atoms with Crippen LogP contribution in [0, 0.1) is 0 Å². The van der Waals surface area contributed by atoms with Crippen molar-refractivity contribution < 1.29 is 38.9 Å². The van der Waals surface area contributed by atoms with Gasteiger partial charge in [0.15, 0.2) is 17.3 Å². The molecule has 0 saturated carbocycles. The third-order valence-corrected chi connectivity index (χ3v) is 3.29. The van der Waals surface area contributed by atoms with E-state index in [1.807, 2.05) is 0 Å². The standard InChI is InChI=1S/C13H12O8.C5H11Cl/c1-5(14)10-8(13(18)19)4-9(17)11(20-6(2)15)12(10)21-7(3)16;1-2-3-4-5-6/h4,17H,1-3H3,(H,18,19);2-5H2,1H3. The number of carboxylic acid groups (broad SMARTS) is 1. The van der Waals surface area contributed by atoms with Gasteiger partial charge in [0.2, 0.25) is 5.75 Å². The highest BCUT2D eigenvalue weighted by Crippen LogP contribution is 2.42. The zero-order valence-corrected chi connectivity index (χ0v) is 16.4.